The van der Waals surface area contributed by atoms with Crippen LogP contribution in [0.3, 0.4) is 0 Å². The molecule has 2 rings (SSSR count). The molecule has 1 aliphatic rings. The fraction of sp³-hybridized carbons (Fsp3) is 0.643. The predicted molar refractivity (Wildman–Crippen MR) is 81.0 cm³/mol. The van der Waals surface area contributed by atoms with Crippen molar-refractivity contribution in [3.63, 3.8) is 0 Å². The minimum atomic E-state index is 0.441. The van der Waals surface area contributed by atoms with Crippen LogP contribution in [0.4, 0.5) is 0 Å². The van der Waals surface area contributed by atoms with Gasteiger partial charge >= 0.3 is 0 Å². The summed E-state index contributed by atoms with van der Waals surface area (Å²) < 4.78 is 5.60. The average Bonchev–Trinajstić information content (AvgIpc) is 3.10. The van der Waals surface area contributed by atoms with E-state index in [1.807, 2.05) is 7.05 Å². The largest absolute Gasteiger partial charge is 0.378 e. The molecule has 0 aliphatic carbocycles. The van der Waals surface area contributed by atoms with E-state index in [9.17, 15) is 0 Å². The number of thiophene rings is 1. The molecule has 0 bridgehead atoms. The van der Waals surface area contributed by atoms with E-state index in [-0.39, 0.29) is 0 Å². The standard InChI is InChI=1S/C14H23N3OS/c1-15-14(16-8-6-12-4-2-10-18-12)17-9-7-13-5-3-11-19-13/h3,5,11-12H,2,4,6-10H2,1H3,(H2,15,16,17). The first kappa shape index (κ1) is 14.3. The molecule has 0 amide bonds. The van der Waals surface area contributed by atoms with Gasteiger partial charge in [0, 0.05) is 31.6 Å². The summed E-state index contributed by atoms with van der Waals surface area (Å²) >= 11 is 1.80. The maximum absolute atomic E-state index is 5.60. The fourth-order valence-corrected chi connectivity index (χ4v) is 2.91. The molecule has 2 N–H and O–H groups in total. The molecule has 0 saturated carbocycles. The molecule has 1 atom stereocenters. The molecule has 5 heteroatoms. The molecule has 1 saturated heterocycles. The van der Waals surface area contributed by atoms with Crippen molar-refractivity contribution in [2.45, 2.75) is 31.8 Å². The van der Waals surface area contributed by atoms with Crippen LogP contribution < -0.4 is 10.6 Å². The van der Waals surface area contributed by atoms with E-state index < -0.39 is 0 Å². The highest BCUT2D eigenvalue weighted by Gasteiger charge is 2.14. The molecule has 0 radical (unpaired) electrons. The van der Waals surface area contributed by atoms with Crippen LogP contribution in [0.1, 0.15) is 24.1 Å². The van der Waals surface area contributed by atoms with Crippen LogP contribution in [0.5, 0.6) is 0 Å². The van der Waals surface area contributed by atoms with Gasteiger partial charge in [-0.3, -0.25) is 4.99 Å². The van der Waals surface area contributed by atoms with Crippen molar-refractivity contribution in [2.24, 2.45) is 4.99 Å². The number of hydrogen-bond donors (Lipinski definition) is 2. The third kappa shape index (κ3) is 5.20. The molecule has 1 unspecified atom stereocenters. The Hall–Kier alpha value is -1.07. The summed E-state index contributed by atoms with van der Waals surface area (Å²) in [5.74, 6) is 0.884. The molecular weight excluding hydrogens is 258 g/mol. The second-order valence-electron chi connectivity index (χ2n) is 4.68. The SMILES string of the molecule is CN=C(NCCc1cccs1)NCCC1CCCO1. The van der Waals surface area contributed by atoms with Crippen LogP contribution >= 0.6 is 11.3 Å². The lowest BCUT2D eigenvalue weighted by Crippen LogP contribution is -2.39. The Kier molecular flexibility index (Phi) is 6.17. The Labute approximate surface area is 119 Å². The molecule has 19 heavy (non-hydrogen) atoms. The van der Waals surface area contributed by atoms with Crippen molar-refractivity contribution < 1.29 is 4.74 Å². The third-order valence-corrected chi connectivity index (χ3v) is 4.19. The molecule has 0 aromatic carbocycles. The van der Waals surface area contributed by atoms with Gasteiger partial charge in [-0.2, -0.15) is 0 Å². The van der Waals surface area contributed by atoms with Gasteiger partial charge in [-0.15, -0.1) is 11.3 Å². The highest BCUT2D eigenvalue weighted by Crippen LogP contribution is 2.14. The molecule has 2 heterocycles. The maximum atomic E-state index is 5.60. The molecule has 106 valence electrons. The van der Waals surface area contributed by atoms with Crippen LogP contribution in [0.15, 0.2) is 22.5 Å². The number of guanidine groups is 1. The monoisotopic (exact) mass is 281 g/mol. The van der Waals surface area contributed by atoms with Crippen molar-refractivity contribution in [3.05, 3.63) is 22.4 Å². The van der Waals surface area contributed by atoms with Gasteiger partial charge < -0.3 is 15.4 Å². The van der Waals surface area contributed by atoms with Crippen molar-refractivity contribution in [3.8, 4) is 0 Å². The number of ether oxygens (including phenoxy) is 1. The van der Waals surface area contributed by atoms with Crippen molar-refractivity contribution >= 4 is 17.3 Å². The summed E-state index contributed by atoms with van der Waals surface area (Å²) in [4.78, 5) is 5.63. The molecule has 4 nitrogen and oxygen atoms in total. The Bertz CT molecular complexity index is 372. The summed E-state index contributed by atoms with van der Waals surface area (Å²) in [6, 6.07) is 4.26. The van der Waals surface area contributed by atoms with Crippen LogP contribution in [-0.2, 0) is 11.2 Å². The smallest absolute Gasteiger partial charge is 0.190 e. The zero-order valence-electron chi connectivity index (χ0n) is 11.5. The molecular formula is C14H23N3OS. The number of nitrogens with zero attached hydrogens (tertiary/aromatic N) is 1. The first-order chi connectivity index (χ1) is 9.38. The molecule has 1 fully saturated rings. The van der Waals surface area contributed by atoms with Crippen LogP contribution in [0.25, 0.3) is 0 Å². The summed E-state index contributed by atoms with van der Waals surface area (Å²) in [6.07, 6.45) is 4.96. The Balaban J connectivity index is 1.57. The minimum Gasteiger partial charge on any atom is -0.378 e. The summed E-state index contributed by atoms with van der Waals surface area (Å²) in [5.41, 5.74) is 0. The van der Waals surface area contributed by atoms with Gasteiger partial charge in [-0.25, -0.2) is 0 Å². The van der Waals surface area contributed by atoms with Gasteiger partial charge in [0.15, 0.2) is 5.96 Å². The molecule has 0 spiro atoms. The quantitative estimate of drug-likeness (QED) is 0.619. The first-order valence-corrected chi connectivity index (χ1v) is 7.85. The average molecular weight is 281 g/mol. The Morgan fingerprint density at radius 1 is 1.47 bits per heavy atom. The molecule has 1 aliphatic heterocycles. The normalized spacial score (nSPS) is 19.6. The van der Waals surface area contributed by atoms with Crippen molar-refractivity contribution in [1.29, 1.82) is 0 Å². The second kappa shape index (κ2) is 8.17. The summed E-state index contributed by atoms with van der Waals surface area (Å²) in [7, 11) is 1.81. The summed E-state index contributed by atoms with van der Waals surface area (Å²) in [6.45, 7) is 2.77. The first-order valence-electron chi connectivity index (χ1n) is 6.97. The van der Waals surface area contributed by atoms with Crippen LogP contribution in [0.2, 0.25) is 0 Å². The van der Waals surface area contributed by atoms with Crippen molar-refractivity contribution in [1.82, 2.24) is 10.6 Å². The van der Waals surface area contributed by atoms with E-state index >= 15 is 0 Å². The lowest BCUT2D eigenvalue weighted by molar-refractivity contribution is 0.105. The molecule has 1 aromatic heterocycles. The second-order valence-corrected chi connectivity index (χ2v) is 5.71. The zero-order chi connectivity index (χ0) is 13.3. The number of rotatable bonds is 6. The van der Waals surface area contributed by atoms with Gasteiger partial charge in [-0.05, 0) is 37.1 Å². The van der Waals surface area contributed by atoms with Gasteiger partial charge in [0.1, 0.15) is 0 Å². The van der Waals surface area contributed by atoms with Gasteiger partial charge in [0.05, 0.1) is 6.10 Å². The predicted octanol–water partition coefficient (Wildman–Crippen LogP) is 2.02. The summed E-state index contributed by atoms with van der Waals surface area (Å²) in [5, 5.41) is 8.79. The number of hydrogen-bond acceptors (Lipinski definition) is 3. The maximum Gasteiger partial charge on any atom is 0.190 e. The van der Waals surface area contributed by atoms with E-state index in [1.165, 1.54) is 17.7 Å². The highest BCUT2D eigenvalue weighted by atomic mass is 32.1. The zero-order valence-corrected chi connectivity index (χ0v) is 12.3. The number of aliphatic imine (C=N–C) groups is 1. The van der Waals surface area contributed by atoms with Crippen LogP contribution in [0, 0.1) is 0 Å². The lowest BCUT2D eigenvalue weighted by Gasteiger charge is -2.13. The molecule has 1 aromatic rings. The van der Waals surface area contributed by atoms with E-state index in [2.05, 4.69) is 33.1 Å². The fourth-order valence-electron chi connectivity index (χ4n) is 2.20. The Morgan fingerprint density at radius 2 is 2.37 bits per heavy atom. The van der Waals surface area contributed by atoms with Gasteiger partial charge in [0.2, 0.25) is 0 Å². The third-order valence-electron chi connectivity index (χ3n) is 3.25. The topological polar surface area (TPSA) is 45.7 Å². The highest BCUT2D eigenvalue weighted by molar-refractivity contribution is 7.09. The Morgan fingerprint density at radius 3 is 3.05 bits per heavy atom. The lowest BCUT2D eigenvalue weighted by atomic mass is 10.2. The van der Waals surface area contributed by atoms with E-state index in [4.69, 9.17) is 4.74 Å². The number of nitrogens with one attached hydrogen (secondary N) is 2. The van der Waals surface area contributed by atoms with Gasteiger partial charge in [-0.1, -0.05) is 6.07 Å². The minimum absolute atomic E-state index is 0.441. The van der Waals surface area contributed by atoms with Gasteiger partial charge in [0.25, 0.3) is 0 Å². The van der Waals surface area contributed by atoms with E-state index in [0.29, 0.717) is 6.10 Å². The van der Waals surface area contributed by atoms with Crippen LogP contribution in [-0.4, -0.2) is 38.8 Å². The van der Waals surface area contributed by atoms with Crippen molar-refractivity contribution in [2.75, 3.05) is 26.7 Å². The van der Waals surface area contributed by atoms with E-state index in [0.717, 1.165) is 38.5 Å². The van der Waals surface area contributed by atoms with E-state index in [1.54, 1.807) is 11.3 Å².